The Balaban J connectivity index is -0.000000845. The molecule has 0 aromatic rings. The predicted octanol–water partition coefficient (Wildman–Crippen LogP) is 1.33. The van der Waals surface area contributed by atoms with Crippen molar-refractivity contribution in [2.24, 2.45) is 0 Å². The SMILES string of the molecule is [CH2-][C@H](NC(=O)OC(C)(C)C)C(=O)OC.[CH3-].[Zn+2]. The summed E-state index contributed by atoms with van der Waals surface area (Å²) in [6.45, 7) is 8.57. The third-order valence-corrected chi connectivity index (χ3v) is 1.18. The van der Waals surface area contributed by atoms with Gasteiger partial charge in [-0.15, -0.1) is 0 Å². The number of amides is 1. The minimum atomic E-state index is -0.949. The summed E-state index contributed by atoms with van der Waals surface area (Å²) < 4.78 is 9.28. The zero-order valence-corrected chi connectivity index (χ0v) is 13.6. The normalized spacial score (nSPS) is 11.3. The fourth-order valence-corrected chi connectivity index (χ4v) is 0.651. The van der Waals surface area contributed by atoms with Crippen molar-refractivity contribution in [2.45, 2.75) is 32.4 Å². The molecule has 1 amide bonds. The third-order valence-electron chi connectivity index (χ3n) is 1.18. The second kappa shape index (κ2) is 8.51. The molecule has 0 saturated heterocycles. The Bertz CT molecular complexity index is 225. The largest absolute Gasteiger partial charge is 2.00 e. The summed E-state index contributed by atoms with van der Waals surface area (Å²) in [5, 5.41) is 2.24. The number of methoxy groups -OCH3 is 1. The fourth-order valence-electron chi connectivity index (χ4n) is 0.651. The van der Waals surface area contributed by atoms with Crippen molar-refractivity contribution in [3.05, 3.63) is 14.4 Å². The number of ether oxygens (including phenoxy) is 2. The molecule has 0 spiro atoms. The van der Waals surface area contributed by atoms with E-state index < -0.39 is 23.7 Å². The molecule has 0 aliphatic carbocycles. The van der Waals surface area contributed by atoms with Gasteiger partial charge in [-0.05, 0) is 20.8 Å². The number of alkyl carbamates (subject to hydrolysis) is 1. The molecular weight excluding hydrogens is 264 g/mol. The van der Waals surface area contributed by atoms with Crippen LogP contribution in [0.4, 0.5) is 4.79 Å². The maximum absolute atomic E-state index is 11.1. The Morgan fingerprint density at radius 3 is 2.06 bits per heavy atom. The van der Waals surface area contributed by atoms with Crippen LogP contribution in [0.15, 0.2) is 0 Å². The first kappa shape index (κ1) is 20.7. The van der Waals surface area contributed by atoms with Gasteiger partial charge in [-0.1, -0.05) is 0 Å². The van der Waals surface area contributed by atoms with Crippen LogP contribution in [0.1, 0.15) is 20.8 Å². The molecule has 1 atom stereocenters. The van der Waals surface area contributed by atoms with Gasteiger partial charge < -0.3 is 29.1 Å². The molecule has 0 aliphatic heterocycles. The van der Waals surface area contributed by atoms with Gasteiger partial charge in [-0.2, -0.15) is 0 Å². The van der Waals surface area contributed by atoms with Crippen LogP contribution in [0.5, 0.6) is 0 Å². The Labute approximate surface area is 110 Å². The van der Waals surface area contributed by atoms with E-state index in [-0.39, 0.29) is 26.9 Å². The van der Waals surface area contributed by atoms with E-state index >= 15 is 0 Å². The summed E-state index contributed by atoms with van der Waals surface area (Å²) in [6.07, 6.45) is -0.692. The van der Waals surface area contributed by atoms with Crippen molar-refractivity contribution in [1.29, 1.82) is 0 Å². The number of hydrogen-bond acceptors (Lipinski definition) is 4. The molecule has 0 radical (unpaired) electrons. The van der Waals surface area contributed by atoms with E-state index in [4.69, 9.17) is 4.74 Å². The fraction of sp³-hybridized carbons (Fsp3) is 0.600. The van der Waals surface area contributed by atoms with Gasteiger partial charge in [0.25, 0.3) is 5.97 Å². The molecule has 0 unspecified atom stereocenters. The zero-order chi connectivity index (χ0) is 11.4. The summed E-state index contributed by atoms with van der Waals surface area (Å²) in [5.74, 6) is -0.615. The van der Waals surface area contributed by atoms with E-state index in [2.05, 4.69) is 17.0 Å². The molecule has 6 heteroatoms. The average molecular weight is 283 g/mol. The Kier molecular flexibility index (Phi) is 11.0. The molecule has 0 rings (SSSR count). The molecule has 0 heterocycles. The van der Waals surface area contributed by atoms with Crippen LogP contribution < -0.4 is 5.32 Å². The van der Waals surface area contributed by atoms with Gasteiger partial charge >= 0.3 is 25.6 Å². The van der Waals surface area contributed by atoms with Crippen LogP contribution in [0.25, 0.3) is 0 Å². The van der Waals surface area contributed by atoms with Crippen molar-refractivity contribution < 1.29 is 38.5 Å². The quantitative estimate of drug-likeness (QED) is 0.471. The van der Waals surface area contributed by atoms with Gasteiger partial charge in [-0.25, -0.2) is 4.79 Å². The Hall–Kier alpha value is -0.637. The molecule has 0 bridgehead atoms. The third kappa shape index (κ3) is 9.90. The van der Waals surface area contributed by atoms with E-state index in [1.807, 2.05) is 0 Å². The summed E-state index contributed by atoms with van der Waals surface area (Å²) in [4.78, 5) is 22.0. The second-order valence-corrected chi connectivity index (χ2v) is 3.72. The summed E-state index contributed by atoms with van der Waals surface area (Å²) in [6, 6.07) is -0.949. The van der Waals surface area contributed by atoms with Gasteiger partial charge in [0.15, 0.2) is 0 Å². The molecule has 0 fully saturated rings. The first-order chi connectivity index (χ1) is 6.26. The minimum absolute atomic E-state index is 0. The Morgan fingerprint density at radius 2 is 1.75 bits per heavy atom. The van der Waals surface area contributed by atoms with Crippen LogP contribution in [0.2, 0.25) is 0 Å². The van der Waals surface area contributed by atoms with Gasteiger partial charge in [0, 0.05) is 6.04 Å². The van der Waals surface area contributed by atoms with Gasteiger partial charge in [-0.3, -0.25) is 4.79 Å². The summed E-state index contributed by atoms with van der Waals surface area (Å²) in [5.41, 5.74) is -0.597. The molecule has 1 N–H and O–H groups in total. The van der Waals surface area contributed by atoms with E-state index in [1.165, 1.54) is 7.11 Å². The zero-order valence-electron chi connectivity index (χ0n) is 10.6. The smallest absolute Gasteiger partial charge is 0.469 e. The van der Waals surface area contributed by atoms with E-state index in [0.29, 0.717) is 0 Å². The maximum atomic E-state index is 11.1. The molecule has 0 aromatic heterocycles. The molecule has 0 saturated carbocycles. The van der Waals surface area contributed by atoms with E-state index in [9.17, 15) is 9.59 Å². The second-order valence-electron chi connectivity index (χ2n) is 3.72. The minimum Gasteiger partial charge on any atom is -0.469 e. The van der Waals surface area contributed by atoms with Crippen molar-refractivity contribution in [1.82, 2.24) is 5.32 Å². The van der Waals surface area contributed by atoms with Gasteiger partial charge in [0.05, 0.1) is 7.11 Å². The van der Waals surface area contributed by atoms with Gasteiger partial charge in [0.1, 0.15) is 5.60 Å². The molecule has 0 aliphatic rings. The number of carbonyl (C=O) groups is 2. The predicted molar refractivity (Wildman–Crippen MR) is 56.9 cm³/mol. The average Bonchev–Trinajstić information content (AvgIpc) is 1.99. The Morgan fingerprint density at radius 1 is 1.31 bits per heavy atom. The number of hydrogen-bond donors (Lipinski definition) is 1. The van der Waals surface area contributed by atoms with Crippen LogP contribution >= 0.6 is 0 Å². The molecule has 0 aromatic carbocycles. The number of rotatable bonds is 2. The van der Waals surface area contributed by atoms with E-state index in [1.54, 1.807) is 20.8 Å². The van der Waals surface area contributed by atoms with Crippen molar-refractivity contribution in [3.8, 4) is 0 Å². The summed E-state index contributed by atoms with van der Waals surface area (Å²) in [7, 11) is 1.22. The summed E-state index contributed by atoms with van der Waals surface area (Å²) >= 11 is 0. The van der Waals surface area contributed by atoms with Crippen molar-refractivity contribution in [3.63, 3.8) is 0 Å². The molecule has 5 nitrogen and oxygen atoms in total. The number of esters is 1. The van der Waals surface area contributed by atoms with Gasteiger partial charge in [0.2, 0.25) is 0 Å². The number of nitrogens with one attached hydrogen (secondary N) is 1. The standard InChI is InChI=1S/C9H16NO4.CH3.Zn/c1-6(7(11)13-5)10-8(12)14-9(2,3)4;;/h6H,1H2,2-5H3,(H,10,12);1H3;/q2*-1;+2/t6-;;/m0../s1. The first-order valence-electron chi connectivity index (χ1n) is 4.16. The molecule has 16 heavy (non-hydrogen) atoms. The van der Waals surface area contributed by atoms with Crippen LogP contribution in [-0.4, -0.2) is 30.8 Å². The van der Waals surface area contributed by atoms with E-state index in [0.717, 1.165) is 0 Å². The molecule has 90 valence electrons. The topological polar surface area (TPSA) is 64.6 Å². The maximum Gasteiger partial charge on any atom is 2.00 e. The van der Waals surface area contributed by atoms with Crippen LogP contribution in [-0.2, 0) is 33.7 Å². The number of carbonyl (C=O) groups excluding carboxylic acids is 2. The van der Waals surface area contributed by atoms with Crippen molar-refractivity contribution in [2.75, 3.05) is 7.11 Å². The molecular formula is C10H19NO4Zn. The monoisotopic (exact) mass is 281 g/mol. The first-order valence-corrected chi connectivity index (χ1v) is 4.16. The van der Waals surface area contributed by atoms with Crippen molar-refractivity contribution >= 4 is 12.1 Å². The van der Waals surface area contributed by atoms with Crippen LogP contribution in [0, 0.1) is 14.4 Å². The van der Waals surface area contributed by atoms with Crippen LogP contribution in [0.3, 0.4) is 0 Å².